The molecule has 1 amide bonds. The van der Waals surface area contributed by atoms with Crippen molar-refractivity contribution in [2.24, 2.45) is 11.8 Å². The number of carbonyl (C=O) groups excluding carboxylic acids is 1. The predicted molar refractivity (Wildman–Crippen MR) is 111 cm³/mol. The fourth-order valence-corrected chi connectivity index (χ4v) is 5.66. The van der Waals surface area contributed by atoms with E-state index < -0.39 is 10.0 Å². The summed E-state index contributed by atoms with van der Waals surface area (Å²) in [6.45, 7) is 6.36. The first-order valence-electron chi connectivity index (χ1n) is 10.1. The second-order valence-corrected chi connectivity index (χ2v) is 9.62. The summed E-state index contributed by atoms with van der Waals surface area (Å²) in [5.41, 5.74) is 1.37. The van der Waals surface area contributed by atoms with Crippen molar-refractivity contribution in [3.8, 4) is 5.75 Å². The SMILES string of the molecule is COc1ccc(CNC(=O)[C@@H](C)C2CCN(S(=O)(=O)c3c(C)noc3C)CC2)cc1. The molecule has 0 aliphatic carbocycles. The number of methoxy groups -OCH3 is 1. The minimum absolute atomic E-state index is 0.0159. The molecule has 1 aliphatic heterocycles. The lowest BCUT2D eigenvalue weighted by Crippen LogP contribution is -2.42. The van der Waals surface area contributed by atoms with Crippen LogP contribution >= 0.6 is 0 Å². The summed E-state index contributed by atoms with van der Waals surface area (Å²) in [4.78, 5) is 12.8. The van der Waals surface area contributed by atoms with Gasteiger partial charge in [0, 0.05) is 25.6 Å². The number of benzene rings is 1. The number of hydrogen-bond donors (Lipinski definition) is 1. The van der Waals surface area contributed by atoms with Crippen molar-refractivity contribution in [1.82, 2.24) is 14.8 Å². The highest BCUT2D eigenvalue weighted by Gasteiger charge is 2.36. The molecule has 164 valence electrons. The van der Waals surface area contributed by atoms with E-state index in [2.05, 4.69) is 10.5 Å². The highest BCUT2D eigenvalue weighted by atomic mass is 32.2. The van der Waals surface area contributed by atoms with Gasteiger partial charge in [0.2, 0.25) is 15.9 Å². The van der Waals surface area contributed by atoms with Crippen LogP contribution in [0.3, 0.4) is 0 Å². The Morgan fingerprint density at radius 3 is 2.43 bits per heavy atom. The van der Waals surface area contributed by atoms with Gasteiger partial charge in [0.1, 0.15) is 16.3 Å². The van der Waals surface area contributed by atoms with Crippen LogP contribution in [0, 0.1) is 25.7 Å². The zero-order valence-corrected chi connectivity index (χ0v) is 18.7. The molecule has 1 N–H and O–H groups in total. The summed E-state index contributed by atoms with van der Waals surface area (Å²) in [7, 11) is -2.02. The minimum atomic E-state index is -3.64. The third-order valence-corrected chi connectivity index (χ3v) is 7.95. The van der Waals surface area contributed by atoms with Gasteiger partial charge in [-0.2, -0.15) is 4.31 Å². The van der Waals surface area contributed by atoms with Gasteiger partial charge in [0.05, 0.1) is 7.11 Å². The molecule has 1 atom stereocenters. The highest BCUT2D eigenvalue weighted by Crippen LogP contribution is 2.30. The van der Waals surface area contributed by atoms with Crippen molar-refractivity contribution >= 4 is 15.9 Å². The molecule has 2 aromatic rings. The van der Waals surface area contributed by atoms with Gasteiger partial charge in [-0.25, -0.2) is 8.42 Å². The first-order valence-corrected chi connectivity index (χ1v) is 11.5. The molecule has 2 heterocycles. The molecule has 0 unspecified atom stereocenters. The normalized spacial score (nSPS) is 16.9. The number of nitrogens with one attached hydrogen (secondary N) is 1. The molecule has 30 heavy (non-hydrogen) atoms. The zero-order chi connectivity index (χ0) is 21.9. The van der Waals surface area contributed by atoms with Crippen molar-refractivity contribution in [1.29, 1.82) is 0 Å². The maximum absolute atomic E-state index is 12.9. The van der Waals surface area contributed by atoms with Crippen LogP contribution in [0.1, 0.15) is 36.8 Å². The average Bonchev–Trinajstić information content (AvgIpc) is 3.10. The minimum Gasteiger partial charge on any atom is -0.497 e. The van der Waals surface area contributed by atoms with E-state index in [9.17, 15) is 13.2 Å². The van der Waals surface area contributed by atoms with E-state index in [0.29, 0.717) is 43.9 Å². The summed E-state index contributed by atoms with van der Waals surface area (Å²) >= 11 is 0. The van der Waals surface area contributed by atoms with Gasteiger partial charge in [0.15, 0.2) is 5.76 Å². The number of carbonyl (C=O) groups is 1. The van der Waals surface area contributed by atoms with Gasteiger partial charge in [-0.3, -0.25) is 4.79 Å². The molecule has 1 fully saturated rings. The van der Waals surface area contributed by atoms with Crippen LogP contribution in [-0.2, 0) is 21.4 Å². The van der Waals surface area contributed by atoms with Crippen LogP contribution < -0.4 is 10.1 Å². The van der Waals surface area contributed by atoms with E-state index in [1.54, 1.807) is 21.0 Å². The Kier molecular flexibility index (Phi) is 6.82. The molecule has 0 spiro atoms. The van der Waals surface area contributed by atoms with E-state index in [4.69, 9.17) is 9.26 Å². The van der Waals surface area contributed by atoms with Crippen LogP contribution in [0.2, 0.25) is 0 Å². The highest BCUT2D eigenvalue weighted by molar-refractivity contribution is 7.89. The van der Waals surface area contributed by atoms with Crippen LogP contribution in [0.25, 0.3) is 0 Å². The Hall–Kier alpha value is -2.39. The molecule has 0 radical (unpaired) electrons. The van der Waals surface area contributed by atoms with Gasteiger partial charge in [0.25, 0.3) is 0 Å². The fraction of sp³-hybridized carbons (Fsp3) is 0.524. The second-order valence-electron chi connectivity index (χ2n) is 7.75. The first-order chi connectivity index (χ1) is 14.2. The van der Waals surface area contributed by atoms with Crippen LogP contribution in [0.15, 0.2) is 33.7 Å². The Balaban J connectivity index is 1.54. The largest absolute Gasteiger partial charge is 0.497 e. The molecule has 9 heteroatoms. The summed E-state index contributed by atoms with van der Waals surface area (Å²) in [6, 6.07) is 7.56. The molecular weight excluding hydrogens is 406 g/mol. The standard InChI is InChI=1S/C21H29N3O5S/c1-14(21(25)22-13-17-5-7-19(28-4)8-6-17)18-9-11-24(12-10-18)30(26,27)20-15(2)23-29-16(20)3/h5-8,14,18H,9-13H2,1-4H3,(H,22,25)/t14-/m0/s1. The first kappa shape index (κ1) is 22.3. The summed E-state index contributed by atoms with van der Waals surface area (Å²) in [5.74, 6) is 1.01. The molecule has 1 aromatic heterocycles. The van der Waals surface area contributed by atoms with Crippen molar-refractivity contribution in [3.63, 3.8) is 0 Å². The molecule has 1 aromatic carbocycles. The Labute approximate surface area is 177 Å². The Bertz CT molecular complexity index is 957. The number of nitrogens with zero attached hydrogens (tertiary/aromatic N) is 2. The molecule has 0 bridgehead atoms. The number of hydrogen-bond acceptors (Lipinski definition) is 6. The third-order valence-electron chi connectivity index (χ3n) is 5.81. The van der Waals surface area contributed by atoms with Gasteiger partial charge >= 0.3 is 0 Å². The van der Waals surface area contributed by atoms with E-state index >= 15 is 0 Å². The number of piperidine rings is 1. The molecule has 1 aliphatic rings. The summed E-state index contributed by atoms with van der Waals surface area (Å²) < 4.78 is 37.5. The lowest BCUT2D eigenvalue weighted by molar-refractivity contribution is -0.126. The van der Waals surface area contributed by atoms with Crippen LogP contribution in [0.5, 0.6) is 5.75 Å². The van der Waals surface area contributed by atoms with Gasteiger partial charge in [-0.1, -0.05) is 24.2 Å². The molecule has 0 saturated carbocycles. The van der Waals surface area contributed by atoms with E-state index in [-0.39, 0.29) is 22.6 Å². The van der Waals surface area contributed by atoms with Crippen LogP contribution in [-0.4, -0.2) is 44.0 Å². The molecule has 8 nitrogen and oxygen atoms in total. The lowest BCUT2D eigenvalue weighted by atomic mass is 9.85. The van der Waals surface area contributed by atoms with E-state index in [0.717, 1.165) is 11.3 Å². The smallest absolute Gasteiger partial charge is 0.248 e. The predicted octanol–water partition coefficient (Wildman–Crippen LogP) is 2.65. The van der Waals surface area contributed by atoms with E-state index in [1.807, 2.05) is 31.2 Å². The number of ether oxygens (including phenoxy) is 1. The maximum Gasteiger partial charge on any atom is 0.248 e. The van der Waals surface area contributed by atoms with Crippen molar-refractivity contribution in [3.05, 3.63) is 41.3 Å². The Morgan fingerprint density at radius 1 is 1.27 bits per heavy atom. The number of rotatable bonds is 7. The third kappa shape index (κ3) is 4.67. The Morgan fingerprint density at radius 2 is 1.90 bits per heavy atom. The van der Waals surface area contributed by atoms with Gasteiger partial charge in [-0.05, 0) is 50.3 Å². The van der Waals surface area contributed by atoms with E-state index in [1.165, 1.54) is 4.31 Å². The number of sulfonamides is 1. The number of aryl methyl sites for hydroxylation is 2. The molecule has 3 rings (SSSR count). The maximum atomic E-state index is 12.9. The van der Waals surface area contributed by atoms with Crippen molar-refractivity contribution < 1.29 is 22.5 Å². The molecular formula is C21H29N3O5S. The topological polar surface area (TPSA) is 102 Å². The van der Waals surface area contributed by atoms with Gasteiger partial charge in [-0.15, -0.1) is 0 Å². The quantitative estimate of drug-likeness (QED) is 0.717. The molecule has 1 saturated heterocycles. The summed E-state index contributed by atoms with van der Waals surface area (Å²) in [5, 5.41) is 6.74. The van der Waals surface area contributed by atoms with Crippen LogP contribution in [0.4, 0.5) is 0 Å². The number of aromatic nitrogens is 1. The average molecular weight is 436 g/mol. The van der Waals surface area contributed by atoms with Gasteiger partial charge < -0.3 is 14.6 Å². The zero-order valence-electron chi connectivity index (χ0n) is 17.8. The lowest BCUT2D eigenvalue weighted by Gasteiger charge is -2.33. The second kappa shape index (κ2) is 9.18. The van der Waals surface area contributed by atoms with Crippen molar-refractivity contribution in [2.45, 2.75) is 45.1 Å². The number of amides is 1. The fourth-order valence-electron chi connectivity index (χ4n) is 3.90. The summed E-state index contributed by atoms with van der Waals surface area (Å²) in [6.07, 6.45) is 1.28. The monoisotopic (exact) mass is 435 g/mol. The van der Waals surface area contributed by atoms with Crippen molar-refractivity contribution in [2.75, 3.05) is 20.2 Å².